The van der Waals surface area contributed by atoms with Gasteiger partial charge in [-0.2, -0.15) is 0 Å². The summed E-state index contributed by atoms with van der Waals surface area (Å²) in [6, 6.07) is 6.86. The van der Waals surface area contributed by atoms with Crippen LogP contribution in [0, 0.1) is 18.3 Å². The molecule has 1 saturated carbocycles. The van der Waals surface area contributed by atoms with E-state index in [4.69, 9.17) is 15.9 Å². The van der Waals surface area contributed by atoms with E-state index >= 15 is 0 Å². The summed E-state index contributed by atoms with van der Waals surface area (Å²) in [5, 5.41) is 0. The van der Waals surface area contributed by atoms with Crippen molar-refractivity contribution in [3.05, 3.63) is 24.3 Å². The molecule has 1 fully saturated rings. The van der Waals surface area contributed by atoms with Crippen molar-refractivity contribution >= 4 is 5.97 Å². The maximum atomic E-state index is 11.4. The lowest BCUT2D eigenvalue weighted by atomic mass is 10.3. The van der Waals surface area contributed by atoms with Crippen LogP contribution in [0.3, 0.4) is 0 Å². The van der Waals surface area contributed by atoms with Crippen molar-refractivity contribution in [2.24, 2.45) is 5.92 Å². The quantitative estimate of drug-likeness (QED) is 0.439. The van der Waals surface area contributed by atoms with Gasteiger partial charge in [0.2, 0.25) is 0 Å². The normalized spacial score (nSPS) is 13.9. The molecule has 0 saturated heterocycles. The summed E-state index contributed by atoms with van der Waals surface area (Å²) >= 11 is 0. The minimum atomic E-state index is -0.141. The second-order valence-electron chi connectivity index (χ2n) is 3.66. The van der Waals surface area contributed by atoms with Gasteiger partial charge in [-0.1, -0.05) is 5.92 Å². The number of ether oxygens (including phenoxy) is 2. The molecule has 1 aromatic rings. The Balaban J connectivity index is 1.91. The summed E-state index contributed by atoms with van der Waals surface area (Å²) in [6.07, 6.45) is 6.96. The fourth-order valence-corrected chi connectivity index (χ4v) is 1.25. The monoisotopic (exact) mass is 216 g/mol. The maximum Gasteiger partial charge on any atom is 0.314 e. The molecular formula is C13H12O3. The largest absolute Gasteiger partial charge is 0.481 e. The van der Waals surface area contributed by atoms with Gasteiger partial charge >= 0.3 is 5.97 Å². The van der Waals surface area contributed by atoms with Gasteiger partial charge in [0.1, 0.15) is 18.1 Å². The van der Waals surface area contributed by atoms with Gasteiger partial charge in [-0.25, -0.2) is 0 Å². The van der Waals surface area contributed by atoms with Crippen molar-refractivity contribution in [2.75, 3.05) is 6.61 Å². The molecule has 0 aromatic heterocycles. The Hall–Kier alpha value is -1.95. The first-order valence-electron chi connectivity index (χ1n) is 5.17. The van der Waals surface area contributed by atoms with Crippen LogP contribution in [0.1, 0.15) is 12.8 Å². The lowest BCUT2D eigenvalue weighted by Gasteiger charge is -2.05. The SMILES string of the molecule is C#CCOc1ccc(OC(=O)C2CC2)cc1. The second-order valence-corrected chi connectivity index (χ2v) is 3.66. The highest BCUT2D eigenvalue weighted by atomic mass is 16.5. The van der Waals surface area contributed by atoms with Crippen LogP contribution in [0.15, 0.2) is 24.3 Å². The van der Waals surface area contributed by atoms with Crippen molar-refractivity contribution in [2.45, 2.75) is 12.8 Å². The summed E-state index contributed by atoms with van der Waals surface area (Å²) in [5.74, 6) is 3.56. The molecule has 0 atom stereocenters. The van der Waals surface area contributed by atoms with Gasteiger partial charge in [0.25, 0.3) is 0 Å². The van der Waals surface area contributed by atoms with Gasteiger partial charge in [-0.15, -0.1) is 6.42 Å². The van der Waals surface area contributed by atoms with Crippen molar-refractivity contribution in [3.8, 4) is 23.8 Å². The van der Waals surface area contributed by atoms with Crippen LogP contribution in [-0.4, -0.2) is 12.6 Å². The first kappa shape index (κ1) is 10.6. The van der Waals surface area contributed by atoms with Gasteiger partial charge in [-0.05, 0) is 37.1 Å². The number of carbonyl (C=O) groups is 1. The topological polar surface area (TPSA) is 35.5 Å². The summed E-state index contributed by atoms with van der Waals surface area (Å²) in [5.41, 5.74) is 0. The molecule has 1 aliphatic rings. The zero-order valence-corrected chi connectivity index (χ0v) is 8.81. The minimum Gasteiger partial charge on any atom is -0.481 e. The Morgan fingerprint density at radius 2 is 1.94 bits per heavy atom. The van der Waals surface area contributed by atoms with Crippen molar-refractivity contribution < 1.29 is 14.3 Å². The van der Waals surface area contributed by atoms with E-state index in [1.54, 1.807) is 24.3 Å². The molecule has 0 bridgehead atoms. The average molecular weight is 216 g/mol. The van der Waals surface area contributed by atoms with Gasteiger partial charge in [0.05, 0.1) is 5.92 Å². The maximum absolute atomic E-state index is 11.4. The van der Waals surface area contributed by atoms with Crippen LogP contribution in [-0.2, 0) is 4.79 Å². The molecule has 82 valence electrons. The third kappa shape index (κ3) is 2.77. The molecule has 0 spiro atoms. The minimum absolute atomic E-state index is 0.109. The molecule has 0 radical (unpaired) electrons. The molecule has 0 amide bonds. The lowest BCUT2D eigenvalue weighted by molar-refractivity contribution is -0.135. The number of carbonyl (C=O) groups excluding carboxylic acids is 1. The molecular weight excluding hydrogens is 204 g/mol. The zero-order chi connectivity index (χ0) is 11.4. The van der Waals surface area contributed by atoms with Crippen molar-refractivity contribution in [1.29, 1.82) is 0 Å². The number of esters is 1. The summed E-state index contributed by atoms with van der Waals surface area (Å²) in [7, 11) is 0. The predicted molar refractivity (Wildman–Crippen MR) is 59.1 cm³/mol. The van der Waals surface area contributed by atoms with Crippen molar-refractivity contribution in [1.82, 2.24) is 0 Å². The van der Waals surface area contributed by atoms with Crippen LogP contribution < -0.4 is 9.47 Å². The Kier molecular flexibility index (Phi) is 3.11. The average Bonchev–Trinajstić information content (AvgIpc) is 3.12. The van der Waals surface area contributed by atoms with Gasteiger partial charge in [-0.3, -0.25) is 4.79 Å². The first-order chi connectivity index (χ1) is 7.79. The van der Waals surface area contributed by atoms with E-state index in [0.29, 0.717) is 11.5 Å². The smallest absolute Gasteiger partial charge is 0.314 e. The van der Waals surface area contributed by atoms with Gasteiger partial charge in [0.15, 0.2) is 0 Å². The highest BCUT2D eigenvalue weighted by Crippen LogP contribution is 2.31. The van der Waals surface area contributed by atoms with E-state index < -0.39 is 0 Å². The first-order valence-corrected chi connectivity index (χ1v) is 5.17. The number of benzene rings is 1. The van der Waals surface area contributed by atoms with Crippen LogP contribution >= 0.6 is 0 Å². The fraction of sp³-hybridized carbons (Fsp3) is 0.308. The molecule has 0 heterocycles. The Morgan fingerprint density at radius 3 is 2.50 bits per heavy atom. The fourth-order valence-electron chi connectivity index (χ4n) is 1.25. The van der Waals surface area contributed by atoms with Crippen LogP contribution in [0.25, 0.3) is 0 Å². The van der Waals surface area contributed by atoms with Crippen LogP contribution in [0.2, 0.25) is 0 Å². The van der Waals surface area contributed by atoms with E-state index in [0.717, 1.165) is 12.8 Å². The highest BCUT2D eigenvalue weighted by molar-refractivity contribution is 5.77. The summed E-state index contributed by atoms with van der Waals surface area (Å²) in [6.45, 7) is 0.237. The van der Waals surface area contributed by atoms with E-state index in [1.165, 1.54) is 0 Å². The molecule has 0 unspecified atom stereocenters. The van der Waals surface area contributed by atoms with E-state index in [1.807, 2.05) is 0 Å². The van der Waals surface area contributed by atoms with E-state index in [9.17, 15) is 4.79 Å². The molecule has 1 aliphatic carbocycles. The van der Waals surface area contributed by atoms with Crippen molar-refractivity contribution in [3.63, 3.8) is 0 Å². The summed E-state index contributed by atoms with van der Waals surface area (Å²) < 4.78 is 10.4. The number of hydrogen-bond acceptors (Lipinski definition) is 3. The third-order valence-corrected chi connectivity index (χ3v) is 2.28. The number of rotatable bonds is 4. The predicted octanol–water partition coefficient (Wildman–Crippen LogP) is 2.01. The van der Waals surface area contributed by atoms with Crippen LogP contribution in [0.5, 0.6) is 11.5 Å². The van der Waals surface area contributed by atoms with Gasteiger partial charge < -0.3 is 9.47 Å². The third-order valence-electron chi connectivity index (χ3n) is 2.28. The Bertz CT molecular complexity index is 410. The lowest BCUT2D eigenvalue weighted by Crippen LogP contribution is -2.09. The number of hydrogen-bond donors (Lipinski definition) is 0. The Morgan fingerprint density at radius 1 is 1.31 bits per heavy atom. The molecule has 16 heavy (non-hydrogen) atoms. The van der Waals surface area contributed by atoms with E-state index in [-0.39, 0.29) is 18.5 Å². The standard InChI is InChI=1S/C13H12O3/c1-2-9-15-11-5-7-12(8-6-11)16-13(14)10-3-4-10/h1,5-8,10H,3-4,9H2. The molecule has 3 heteroatoms. The second kappa shape index (κ2) is 4.71. The molecule has 3 nitrogen and oxygen atoms in total. The number of terminal acetylenes is 1. The molecule has 0 aliphatic heterocycles. The molecule has 0 N–H and O–H groups in total. The molecule has 2 rings (SSSR count). The zero-order valence-electron chi connectivity index (χ0n) is 8.81. The Labute approximate surface area is 94.4 Å². The van der Waals surface area contributed by atoms with Gasteiger partial charge in [0, 0.05) is 0 Å². The summed E-state index contributed by atoms with van der Waals surface area (Å²) in [4.78, 5) is 11.4. The molecule has 1 aromatic carbocycles. The van der Waals surface area contributed by atoms with E-state index in [2.05, 4.69) is 5.92 Å². The highest BCUT2D eigenvalue weighted by Gasteiger charge is 2.31. The van der Waals surface area contributed by atoms with Crippen LogP contribution in [0.4, 0.5) is 0 Å².